The molecular formula is C24H33B5F4N8O2. The second-order valence-electron chi connectivity index (χ2n) is 13.3. The zero-order valence-corrected chi connectivity index (χ0v) is 25.0. The lowest BCUT2D eigenvalue weighted by Crippen LogP contribution is -2.56. The van der Waals surface area contributed by atoms with Gasteiger partial charge >= 0.3 is 6.03 Å². The van der Waals surface area contributed by atoms with Crippen molar-refractivity contribution in [1.82, 2.24) is 39.9 Å². The van der Waals surface area contributed by atoms with Crippen LogP contribution in [0.3, 0.4) is 0 Å². The van der Waals surface area contributed by atoms with Gasteiger partial charge in [0.05, 0.1) is 60.8 Å². The van der Waals surface area contributed by atoms with E-state index < -0.39 is 48.3 Å². The van der Waals surface area contributed by atoms with Gasteiger partial charge in [0.1, 0.15) is 21.4 Å². The third-order valence-electron chi connectivity index (χ3n) is 9.06. The molecule has 0 bridgehead atoms. The first-order valence-corrected chi connectivity index (χ1v) is 14.4. The number of imidazole rings is 1. The van der Waals surface area contributed by atoms with E-state index in [0.29, 0.717) is 22.6 Å². The van der Waals surface area contributed by atoms with Crippen molar-refractivity contribution in [1.29, 1.82) is 0 Å². The molecule has 2 fully saturated rings. The van der Waals surface area contributed by atoms with Crippen molar-refractivity contribution >= 4 is 56.8 Å². The molecule has 19 heteroatoms. The minimum Gasteiger partial charge on any atom is -0.342 e. The molecule has 1 aliphatic carbocycles. The highest BCUT2D eigenvalue weighted by Gasteiger charge is 2.41. The average molecular weight is 596 g/mol. The Morgan fingerprint density at radius 2 is 1.81 bits per heavy atom. The maximum atomic E-state index is 14.1. The molecule has 10 nitrogen and oxygen atoms in total. The highest BCUT2D eigenvalue weighted by Crippen LogP contribution is 2.41. The highest BCUT2D eigenvalue weighted by atomic mass is 19.3. The van der Waals surface area contributed by atoms with Crippen LogP contribution in [-0.2, 0) is 11.9 Å². The molecule has 1 atom stereocenters. The fraction of sp³-hybridized carbons (Fsp3) is 0.542. The number of nitrogens with one attached hydrogen (secondary N) is 2. The third kappa shape index (κ3) is 6.45. The van der Waals surface area contributed by atoms with E-state index in [9.17, 15) is 27.2 Å². The van der Waals surface area contributed by atoms with Gasteiger partial charge in [-0.15, -0.1) is 5.11 Å². The van der Waals surface area contributed by atoms with Crippen molar-refractivity contribution in [3.8, 4) is 0 Å². The van der Waals surface area contributed by atoms with E-state index in [4.69, 9.17) is 0 Å². The van der Waals surface area contributed by atoms with Crippen LogP contribution in [0.5, 0.6) is 0 Å². The Balaban J connectivity index is 1.44. The van der Waals surface area contributed by atoms with Gasteiger partial charge in [-0.2, -0.15) is 10.2 Å². The van der Waals surface area contributed by atoms with E-state index in [1.165, 1.54) is 10.7 Å². The Bertz CT molecular complexity index is 1520. The predicted molar refractivity (Wildman–Crippen MR) is 164 cm³/mol. The maximum absolute atomic E-state index is 14.1. The summed E-state index contributed by atoms with van der Waals surface area (Å²) in [6.07, 6.45) is 4.45. The molecule has 3 amide bonds. The third-order valence-corrected chi connectivity index (χ3v) is 9.06. The van der Waals surface area contributed by atoms with Gasteiger partial charge in [-0.1, -0.05) is 0 Å². The minimum atomic E-state index is -3.05. The molecule has 0 radical (unpaired) electrons. The van der Waals surface area contributed by atoms with Crippen LogP contribution >= 0.6 is 0 Å². The number of nitrogens with zero attached hydrogens (tertiary/aromatic N) is 6. The van der Waals surface area contributed by atoms with Gasteiger partial charge in [0.2, 0.25) is 5.92 Å². The summed E-state index contributed by atoms with van der Waals surface area (Å²) < 4.78 is 59.1. The lowest BCUT2D eigenvalue weighted by molar-refractivity contribution is -0.0495. The number of fused-ring (bicyclic) bond motifs is 1. The van der Waals surface area contributed by atoms with Crippen LogP contribution in [0.2, 0.25) is 5.11 Å². The Labute approximate surface area is 251 Å². The fourth-order valence-corrected chi connectivity index (χ4v) is 5.52. The molecule has 4 heterocycles. The van der Waals surface area contributed by atoms with Crippen molar-refractivity contribution < 1.29 is 27.2 Å². The molecular weight excluding hydrogens is 562 g/mol. The number of carbonyl (C=O) groups excluding carboxylic acids is 2. The second-order valence-corrected chi connectivity index (χ2v) is 13.3. The van der Waals surface area contributed by atoms with Crippen LogP contribution in [0.4, 0.5) is 22.4 Å². The van der Waals surface area contributed by atoms with E-state index in [2.05, 4.69) is 49.4 Å². The highest BCUT2D eigenvalue weighted by molar-refractivity contribution is 6.66. The van der Waals surface area contributed by atoms with Crippen LogP contribution < -0.4 is 10.6 Å². The quantitative estimate of drug-likeness (QED) is 0.237. The number of alkyl halides is 4. The number of hydrogen-bond donors (Lipinski definition) is 2. The fourth-order valence-electron chi connectivity index (χ4n) is 5.52. The van der Waals surface area contributed by atoms with Gasteiger partial charge in [0.25, 0.3) is 11.8 Å². The number of amides is 3. The van der Waals surface area contributed by atoms with Crippen LogP contribution in [-0.4, -0.2) is 105 Å². The van der Waals surface area contributed by atoms with Crippen molar-refractivity contribution in [2.45, 2.75) is 60.6 Å². The summed E-state index contributed by atoms with van der Waals surface area (Å²) in [6, 6.07) is 1.97. The monoisotopic (exact) mass is 596 g/mol. The lowest BCUT2D eigenvalue weighted by atomic mass is 9.26. The van der Waals surface area contributed by atoms with Gasteiger partial charge in [-0.25, -0.2) is 31.9 Å². The molecule has 5 rings (SSSR count). The van der Waals surface area contributed by atoms with Crippen LogP contribution in [0, 0.1) is 5.92 Å². The largest absolute Gasteiger partial charge is 0.342 e. The smallest absolute Gasteiger partial charge is 0.318 e. The molecule has 224 valence electrons. The molecule has 1 saturated heterocycles. The summed E-state index contributed by atoms with van der Waals surface area (Å²) in [5.74, 6) is -6.52. The summed E-state index contributed by atoms with van der Waals surface area (Å²) in [6.45, 7) is -1.52. The lowest BCUT2D eigenvalue weighted by Gasteiger charge is -2.41. The van der Waals surface area contributed by atoms with Gasteiger partial charge in [0, 0.05) is 25.6 Å². The molecule has 1 aliphatic heterocycles. The number of urea groups is 1. The normalized spacial score (nSPS) is 20.1. The summed E-state index contributed by atoms with van der Waals surface area (Å²) >= 11 is 0. The van der Waals surface area contributed by atoms with Gasteiger partial charge in [-0.05, 0) is 41.8 Å². The molecule has 2 aliphatic rings. The van der Waals surface area contributed by atoms with Crippen molar-refractivity contribution in [2.24, 2.45) is 5.92 Å². The number of rotatable bonds is 8. The number of aromatic nitrogens is 5. The molecule has 0 spiro atoms. The molecule has 2 N–H and O–H groups in total. The summed E-state index contributed by atoms with van der Waals surface area (Å²) in [4.78, 5) is 31.6. The van der Waals surface area contributed by atoms with Crippen LogP contribution in [0.1, 0.15) is 53.5 Å². The first-order chi connectivity index (χ1) is 20.0. The molecule has 0 aromatic carbocycles. The van der Waals surface area contributed by atoms with Crippen LogP contribution in [0.15, 0.2) is 30.7 Å². The summed E-state index contributed by atoms with van der Waals surface area (Å²) in [5.41, 5.74) is 1.64. The van der Waals surface area contributed by atoms with E-state index in [1.807, 2.05) is 15.7 Å². The Morgan fingerprint density at radius 3 is 2.49 bits per heavy atom. The Kier molecular flexibility index (Phi) is 7.91. The minimum absolute atomic E-state index is 0.0987. The molecule has 1 unspecified atom stereocenters. The molecule has 1 saturated carbocycles. The van der Waals surface area contributed by atoms with E-state index in [1.54, 1.807) is 29.2 Å². The predicted octanol–water partition coefficient (Wildman–Crippen LogP) is -1.77. The maximum Gasteiger partial charge on any atom is 0.318 e. The van der Waals surface area contributed by atoms with Gasteiger partial charge in [-0.3, -0.25) is 9.48 Å². The first-order valence-electron chi connectivity index (χ1n) is 14.4. The zero-order valence-electron chi connectivity index (χ0n) is 25.0. The van der Waals surface area contributed by atoms with Gasteiger partial charge in [0.15, 0.2) is 5.65 Å². The average Bonchev–Trinajstić information content (AvgIpc) is 3.57. The van der Waals surface area contributed by atoms with E-state index in [0.717, 1.165) is 4.90 Å². The number of hydrogen-bond acceptors (Lipinski definition) is 5. The molecule has 3 aromatic heterocycles. The van der Waals surface area contributed by atoms with Gasteiger partial charge < -0.3 is 15.5 Å². The number of carbonyl (C=O) groups is 2. The summed E-state index contributed by atoms with van der Waals surface area (Å²) in [7, 11) is 10.2. The molecule has 3 aromatic rings. The van der Waals surface area contributed by atoms with E-state index >= 15 is 0 Å². The summed E-state index contributed by atoms with van der Waals surface area (Å²) in [5, 5.41) is 13.3. The standard InChI is InChI=1S/C24H33B5F4N8O2/c25-23(26,27)24(28,29)41-16(3-6-35-41)19(42)38-18(14-1-4-21(30,31)5-2-14)15-10-40-17(37-15)7-13(8-36-40)9-39-12-22(32,33)11-34-20(39)43/h3,6-8,10,14,18H,1-2,4-5,9,11-12,25-29H2,(H,34,43)(H,38,42). The second kappa shape index (κ2) is 11.0. The zero-order chi connectivity index (χ0) is 31.4. The Hall–Kier alpha value is -3.39. The number of halogens is 4. The van der Waals surface area contributed by atoms with Crippen molar-refractivity contribution in [2.75, 3.05) is 13.1 Å². The van der Waals surface area contributed by atoms with E-state index in [-0.39, 0.29) is 43.3 Å². The molecule has 43 heavy (non-hydrogen) atoms. The van der Waals surface area contributed by atoms with Crippen molar-refractivity contribution in [3.63, 3.8) is 0 Å². The SMILES string of the molecule is BC(B)(B)C(B)(B)n1nccc1C(=O)NC(c1cn2ncc(CN3CC(F)(F)CNC3=O)cc2n1)C1CCC(F)(F)CC1. The Morgan fingerprint density at radius 1 is 1.12 bits per heavy atom. The topological polar surface area (TPSA) is 109 Å². The van der Waals surface area contributed by atoms with Crippen molar-refractivity contribution in [3.05, 3.63) is 47.7 Å². The van der Waals surface area contributed by atoms with Crippen LogP contribution in [0.25, 0.3) is 5.65 Å². The first kappa shape index (κ1) is 31.1.